The summed E-state index contributed by atoms with van der Waals surface area (Å²) >= 11 is 6.21. The minimum atomic E-state index is 0.231. The minimum absolute atomic E-state index is 0.231. The van der Waals surface area contributed by atoms with Crippen LogP contribution in [0, 0.1) is 0 Å². The highest BCUT2D eigenvalue weighted by Crippen LogP contribution is 2.32. The van der Waals surface area contributed by atoms with E-state index in [-0.39, 0.29) is 5.92 Å². The van der Waals surface area contributed by atoms with Crippen molar-refractivity contribution in [2.75, 3.05) is 5.32 Å². The van der Waals surface area contributed by atoms with Crippen molar-refractivity contribution in [3.05, 3.63) is 53.7 Å². The Balaban J connectivity index is 2.09. The Morgan fingerprint density at radius 1 is 1.14 bits per heavy atom. The molecule has 0 fully saturated rings. The summed E-state index contributed by atoms with van der Waals surface area (Å²) in [5, 5.41) is 6.02. The molecule has 0 bridgehead atoms. The van der Waals surface area contributed by atoms with Gasteiger partial charge in [0, 0.05) is 29.0 Å². The van der Waals surface area contributed by atoms with E-state index in [1.54, 1.807) is 6.20 Å². The van der Waals surface area contributed by atoms with Crippen LogP contribution in [0.15, 0.2) is 43.0 Å². The van der Waals surface area contributed by atoms with Crippen molar-refractivity contribution < 1.29 is 0 Å². The Labute approximate surface area is 128 Å². The molecule has 0 unspecified atom stereocenters. The summed E-state index contributed by atoms with van der Waals surface area (Å²) in [6, 6.07) is 8.04. The number of hydrogen-bond donors (Lipinski definition) is 1. The number of hydrogen-bond acceptors (Lipinski definition) is 4. The highest BCUT2D eigenvalue weighted by Gasteiger charge is 2.14. The zero-order valence-electron chi connectivity index (χ0n) is 11.8. The van der Waals surface area contributed by atoms with Crippen LogP contribution in [0.1, 0.15) is 25.3 Å². The number of anilines is 2. The number of nitrogens with one attached hydrogen (secondary N) is 1. The summed E-state index contributed by atoms with van der Waals surface area (Å²) in [5.74, 6) is 0.968. The SMILES string of the molecule is CC(C)c1c(Cl)ncnc1Nc1cccc2ccncc12. The molecule has 3 rings (SSSR count). The summed E-state index contributed by atoms with van der Waals surface area (Å²) in [7, 11) is 0. The topological polar surface area (TPSA) is 50.7 Å². The number of rotatable bonds is 3. The molecule has 0 aliphatic carbocycles. The van der Waals surface area contributed by atoms with E-state index in [9.17, 15) is 0 Å². The lowest BCUT2D eigenvalue weighted by molar-refractivity contribution is 0.850. The molecule has 0 atom stereocenters. The van der Waals surface area contributed by atoms with Gasteiger partial charge >= 0.3 is 0 Å². The zero-order chi connectivity index (χ0) is 14.8. The third-order valence-corrected chi connectivity index (χ3v) is 3.65. The second kappa shape index (κ2) is 5.66. The number of fused-ring (bicyclic) bond motifs is 1. The van der Waals surface area contributed by atoms with Crippen molar-refractivity contribution in [3.8, 4) is 0 Å². The summed E-state index contributed by atoms with van der Waals surface area (Å²) < 4.78 is 0. The molecule has 0 radical (unpaired) electrons. The Kier molecular flexibility index (Phi) is 3.71. The van der Waals surface area contributed by atoms with Crippen LogP contribution in [0.4, 0.5) is 11.5 Å². The van der Waals surface area contributed by atoms with Gasteiger partial charge in [-0.05, 0) is 23.4 Å². The largest absolute Gasteiger partial charge is 0.339 e. The lowest BCUT2D eigenvalue weighted by atomic mass is 10.1. The molecule has 2 heterocycles. The average Bonchev–Trinajstić information content (AvgIpc) is 2.47. The fraction of sp³-hybridized carbons (Fsp3) is 0.188. The van der Waals surface area contributed by atoms with Gasteiger partial charge in [-0.3, -0.25) is 4.98 Å². The molecule has 1 N–H and O–H groups in total. The van der Waals surface area contributed by atoms with Crippen LogP contribution in [-0.2, 0) is 0 Å². The predicted molar refractivity (Wildman–Crippen MR) is 86.2 cm³/mol. The van der Waals surface area contributed by atoms with Crippen molar-refractivity contribution in [1.29, 1.82) is 0 Å². The van der Waals surface area contributed by atoms with Crippen LogP contribution in [0.25, 0.3) is 10.8 Å². The van der Waals surface area contributed by atoms with E-state index in [0.29, 0.717) is 5.15 Å². The lowest BCUT2D eigenvalue weighted by Crippen LogP contribution is -2.03. The molecule has 0 spiro atoms. The molecule has 0 saturated heterocycles. The smallest absolute Gasteiger partial charge is 0.138 e. The number of halogens is 1. The maximum Gasteiger partial charge on any atom is 0.138 e. The van der Waals surface area contributed by atoms with Crippen molar-refractivity contribution in [2.45, 2.75) is 19.8 Å². The summed E-state index contributed by atoms with van der Waals surface area (Å²) in [4.78, 5) is 12.6. The van der Waals surface area contributed by atoms with E-state index in [2.05, 4.69) is 40.2 Å². The van der Waals surface area contributed by atoms with Crippen molar-refractivity contribution in [3.63, 3.8) is 0 Å². The lowest BCUT2D eigenvalue weighted by Gasteiger charge is -2.15. The first-order valence-corrected chi connectivity index (χ1v) is 7.15. The van der Waals surface area contributed by atoms with E-state index in [1.165, 1.54) is 6.33 Å². The van der Waals surface area contributed by atoms with Gasteiger partial charge in [0.15, 0.2) is 0 Å². The molecule has 0 aliphatic heterocycles. The van der Waals surface area contributed by atoms with Crippen LogP contribution in [0.2, 0.25) is 5.15 Å². The molecular weight excluding hydrogens is 284 g/mol. The maximum atomic E-state index is 6.21. The van der Waals surface area contributed by atoms with Gasteiger partial charge in [0.25, 0.3) is 0 Å². The van der Waals surface area contributed by atoms with Gasteiger partial charge < -0.3 is 5.32 Å². The van der Waals surface area contributed by atoms with Gasteiger partial charge in [-0.15, -0.1) is 0 Å². The average molecular weight is 299 g/mol. The van der Waals surface area contributed by atoms with Crippen molar-refractivity contribution in [2.24, 2.45) is 0 Å². The summed E-state index contributed by atoms with van der Waals surface area (Å²) in [5.41, 5.74) is 1.87. The molecule has 106 valence electrons. The van der Waals surface area contributed by atoms with Crippen LogP contribution >= 0.6 is 11.6 Å². The predicted octanol–water partition coefficient (Wildman–Crippen LogP) is 4.55. The van der Waals surface area contributed by atoms with E-state index in [4.69, 9.17) is 11.6 Å². The summed E-state index contributed by atoms with van der Waals surface area (Å²) in [6.07, 6.45) is 5.10. The van der Waals surface area contributed by atoms with Gasteiger partial charge in [0.2, 0.25) is 0 Å². The quantitative estimate of drug-likeness (QED) is 0.721. The van der Waals surface area contributed by atoms with Crippen LogP contribution in [0.3, 0.4) is 0 Å². The molecule has 1 aromatic carbocycles. The first-order chi connectivity index (χ1) is 10.2. The second-order valence-corrected chi connectivity index (χ2v) is 5.47. The maximum absolute atomic E-state index is 6.21. The number of nitrogens with zero attached hydrogens (tertiary/aromatic N) is 3. The first-order valence-electron chi connectivity index (χ1n) is 6.77. The molecule has 0 amide bonds. The Bertz CT molecular complexity index is 781. The van der Waals surface area contributed by atoms with Crippen LogP contribution in [0.5, 0.6) is 0 Å². The number of benzene rings is 1. The Hall–Kier alpha value is -2.20. The van der Waals surface area contributed by atoms with Gasteiger partial charge in [-0.1, -0.05) is 37.6 Å². The molecule has 0 aliphatic rings. The number of aromatic nitrogens is 3. The highest BCUT2D eigenvalue weighted by molar-refractivity contribution is 6.30. The third-order valence-electron chi connectivity index (χ3n) is 3.35. The van der Waals surface area contributed by atoms with E-state index in [1.807, 2.05) is 24.4 Å². The van der Waals surface area contributed by atoms with Gasteiger partial charge in [-0.2, -0.15) is 0 Å². The fourth-order valence-corrected chi connectivity index (χ4v) is 2.69. The van der Waals surface area contributed by atoms with E-state index >= 15 is 0 Å². The Morgan fingerprint density at radius 3 is 2.81 bits per heavy atom. The zero-order valence-corrected chi connectivity index (χ0v) is 12.6. The van der Waals surface area contributed by atoms with E-state index < -0.39 is 0 Å². The van der Waals surface area contributed by atoms with Gasteiger partial charge in [-0.25, -0.2) is 9.97 Å². The highest BCUT2D eigenvalue weighted by atomic mass is 35.5. The van der Waals surface area contributed by atoms with Crippen LogP contribution in [-0.4, -0.2) is 15.0 Å². The van der Waals surface area contributed by atoms with Crippen molar-refractivity contribution >= 4 is 33.9 Å². The molecule has 21 heavy (non-hydrogen) atoms. The first kappa shape index (κ1) is 13.8. The molecular formula is C16H15ClN4. The molecule has 5 heteroatoms. The molecule has 3 aromatic rings. The Morgan fingerprint density at radius 2 is 2.00 bits per heavy atom. The standard InChI is InChI=1S/C16H15ClN4/c1-10(2)14-15(17)19-9-20-16(14)21-13-5-3-4-11-6-7-18-8-12(11)13/h3-10H,1-2H3,(H,19,20,21). The normalized spacial score (nSPS) is 11.0. The third kappa shape index (κ3) is 2.67. The summed E-state index contributed by atoms with van der Waals surface area (Å²) in [6.45, 7) is 4.14. The number of pyridine rings is 1. The molecule has 4 nitrogen and oxygen atoms in total. The van der Waals surface area contributed by atoms with Gasteiger partial charge in [0.05, 0.1) is 0 Å². The monoisotopic (exact) mass is 298 g/mol. The second-order valence-electron chi connectivity index (χ2n) is 5.11. The van der Waals surface area contributed by atoms with Gasteiger partial charge in [0.1, 0.15) is 17.3 Å². The molecule has 2 aromatic heterocycles. The van der Waals surface area contributed by atoms with Crippen LogP contribution < -0.4 is 5.32 Å². The fourth-order valence-electron chi connectivity index (χ4n) is 2.34. The minimum Gasteiger partial charge on any atom is -0.339 e. The van der Waals surface area contributed by atoms with E-state index in [0.717, 1.165) is 27.8 Å². The molecule has 0 saturated carbocycles. The van der Waals surface area contributed by atoms with Crippen molar-refractivity contribution in [1.82, 2.24) is 15.0 Å².